The first-order valence-electron chi connectivity index (χ1n) is 13.7. The summed E-state index contributed by atoms with van der Waals surface area (Å²) in [5.74, 6) is 0. The van der Waals surface area contributed by atoms with E-state index >= 15 is 0 Å². The van der Waals surface area contributed by atoms with Crippen LogP contribution in [-0.2, 0) is 0 Å². The van der Waals surface area contributed by atoms with Gasteiger partial charge in [0.2, 0.25) is 0 Å². The van der Waals surface area contributed by atoms with Gasteiger partial charge in [-0.15, -0.1) is 223 Å². The summed E-state index contributed by atoms with van der Waals surface area (Å²) in [4.78, 5) is 0. The van der Waals surface area contributed by atoms with Crippen LogP contribution in [0.3, 0.4) is 0 Å². The highest BCUT2D eigenvalue weighted by Gasteiger charge is 2.59. The molecule has 0 heterocycles. The van der Waals surface area contributed by atoms with Gasteiger partial charge in [0.1, 0.15) is 0 Å². The predicted octanol–water partition coefficient (Wildman–Crippen LogP) is 32.2. The summed E-state index contributed by atoms with van der Waals surface area (Å²) in [5.41, 5.74) is 0. The van der Waals surface area contributed by atoms with Gasteiger partial charge in [-0.3, -0.25) is 0 Å². The van der Waals surface area contributed by atoms with Gasteiger partial charge in [-0.2, -0.15) is 0 Å². The summed E-state index contributed by atoms with van der Waals surface area (Å²) in [5, 5.41) is 0. The van der Waals surface area contributed by atoms with Crippen LogP contribution in [-0.4, -0.2) is 21.3 Å². The van der Waals surface area contributed by atoms with Gasteiger partial charge in [0, 0.05) is 0 Å². The van der Waals surface area contributed by atoms with Crippen molar-refractivity contribution in [3.05, 3.63) is 0 Å². The molecule has 0 bridgehead atoms. The predicted molar refractivity (Wildman–Crippen MR) is 457 cm³/mol. The number of hydrogen-bond donors (Lipinski definition) is 0. The lowest BCUT2D eigenvalue weighted by molar-refractivity contribution is 2.30. The Hall–Kier alpha value is 22.8. The summed E-state index contributed by atoms with van der Waals surface area (Å²) in [6.45, 7) is 1.41. The topological polar surface area (TPSA) is 0 Å². The normalized spacial score (nSPS) is 17.9. The third kappa shape index (κ3) is 27.9. The lowest BCUT2D eigenvalue weighted by Crippen LogP contribution is -1.72. The fraction of sp³-hybridized carbons (Fsp3) is 1.00. The van der Waals surface area contributed by atoms with Crippen LogP contribution in [0.4, 0.5) is 0 Å². The molecule has 0 aliphatic heterocycles. The van der Waals surface area contributed by atoms with E-state index in [0.717, 1.165) is 8.27 Å². The van der Waals surface area contributed by atoms with Gasteiger partial charge in [0.15, 0.2) is 0 Å². The van der Waals surface area contributed by atoms with Crippen molar-refractivity contribution in [3.8, 4) is 0 Å². The summed E-state index contributed by atoms with van der Waals surface area (Å²) in [7, 11) is 88.0. The second kappa shape index (κ2) is 43.4. The van der Waals surface area contributed by atoms with Gasteiger partial charge in [-0.1, -0.05) is 23.8 Å². The average molecular weight is 1740 g/mol. The van der Waals surface area contributed by atoms with Gasteiger partial charge in [0.05, 0.1) is 1.28 Å². The van der Waals surface area contributed by atoms with E-state index in [9.17, 15) is 1.28 Å². The Bertz CT molecular complexity index is 917. The zero-order valence-corrected chi connectivity index (χ0v) is 84.0. The molecule has 53 heteroatoms. The van der Waals surface area contributed by atoms with E-state index in [1.165, 1.54) is 0 Å². The molecule has 0 radical (unpaired) electrons. The molecular formula is C3H61P53. The largest absolute Gasteiger partial charge is 0.102 e. The molecule has 0 aromatic rings. The van der Waals surface area contributed by atoms with Gasteiger partial charge in [-0.25, -0.2) is 0 Å². The first-order valence-corrected chi connectivity index (χ1v) is 111. The molecule has 0 rings (SSSR count). The quantitative estimate of drug-likeness (QED) is 0.0719. The fourth-order valence-electron chi connectivity index (χ4n) is 3.31. The lowest BCUT2D eigenvalue weighted by atomic mass is 11.9. The van der Waals surface area contributed by atoms with Gasteiger partial charge < -0.3 is 0 Å². The average Bonchev–Trinajstić information content (AvgIpc) is 3.01. The molecule has 338 valence electrons. The highest BCUT2D eigenvalue weighted by molar-refractivity contribution is 9.53. The molecule has 0 spiro atoms. The maximum atomic E-state index is 10.3. The highest BCUT2D eigenvalue weighted by Crippen LogP contribution is 3.47. The Morgan fingerprint density at radius 3 is 0.661 bits per heavy atom. The van der Waals surface area contributed by atoms with Crippen LogP contribution in [0.15, 0.2) is 0 Å². The molecule has 32 atom stereocenters. The van der Waals surface area contributed by atoms with Crippen molar-refractivity contribution in [1.82, 2.24) is 0 Å². The Morgan fingerprint density at radius 2 is 0.482 bits per heavy atom. The molecule has 0 amide bonds. The zero-order chi connectivity index (χ0) is 45.3. The summed E-state index contributed by atoms with van der Waals surface area (Å²) >= 11 is 0. The van der Waals surface area contributed by atoms with Crippen LogP contribution in [0, 0.1) is 0 Å². The Kier molecular flexibility index (Phi) is 59.5. The van der Waals surface area contributed by atoms with Gasteiger partial charge >= 0.3 is 0 Å². The minimum Gasteiger partial charge on any atom is -0.102 e. The molecule has 0 aliphatic carbocycles. The molecule has 32 unspecified atom stereocenters. The minimum atomic E-state index is -0.741. The maximum absolute atomic E-state index is 10.3. The summed E-state index contributed by atoms with van der Waals surface area (Å²) < 4.78 is 10.3. The third-order valence-electron chi connectivity index (χ3n) is 5.02. The summed E-state index contributed by atoms with van der Waals surface area (Å²) in [6.07, 6.45) is 0. The van der Waals surface area contributed by atoms with E-state index in [1.807, 2.05) is 0 Å². The van der Waals surface area contributed by atoms with Crippen LogP contribution in [0.25, 0.3) is 0 Å². The molecular weight excluding hydrogens is 1680 g/mol. The second-order valence-electron chi connectivity index (χ2n) is 9.27. The van der Waals surface area contributed by atoms with E-state index in [4.69, 9.17) is 0 Å². The van der Waals surface area contributed by atoms with Crippen molar-refractivity contribution in [1.29, 1.82) is 1.28 Å². The van der Waals surface area contributed by atoms with Gasteiger partial charge in [-0.05, 0) is 195 Å². The molecule has 0 aliphatic rings. The number of hydrogen-bond acceptors (Lipinski definition) is 0. The molecule has 0 saturated carbocycles. The standard InChI is InChI=1S/C3H61P53/c1-29-30-45(32(4)5)52(46(33(6)7)34(8)9)55(51(43(26)27)44(28)31(2)3)56(53(47(35(10)11)36(12)13)48(37(14)15)38(16)17)54(49(39(18)19)40(20)21)50(41(22)23)42(24)25/h29-30H,4-28H2,1-3H3/i30D. The Labute approximate surface area is 436 Å². The summed E-state index contributed by atoms with van der Waals surface area (Å²) in [6, 6.07) is 0. The highest BCUT2D eigenvalue weighted by atomic mass is 33.6. The Morgan fingerprint density at radius 1 is 0.286 bits per heavy atom. The van der Waals surface area contributed by atoms with Crippen LogP contribution < -0.4 is 0 Å². The van der Waals surface area contributed by atoms with Crippen LogP contribution in [0.5, 0.6) is 0 Å². The van der Waals surface area contributed by atoms with Crippen LogP contribution in [0.1, 0.15) is 0 Å². The Balaban J connectivity index is 10.3. The molecule has 56 heavy (non-hydrogen) atoms. The first-order chi connectivity index (χ1) is 25.9. The zero-order valence-electron chi connectivity index (χ0n) is 31.0. The minimum absolute atomic E-state index is 0.0740. The van der Waals surface area contributed by atoms with Crippen molar-refractivity contribution in [2.24, 2.45) is 0 Å². The molecule has 0 fully saturated rings. The monoisotopic (exact) mass is 1740 g/mol. The number of rotatable bonds is 27. The first kappa shape index (κ1) is 76.8. The van der Waals surface area contributed by atoms with Crippen molar-refractivity contribution >= 4 is 422 Å². The van der Waals surface area contributed by atoms with Crippen LogP contribution in [0.2, 0.25) is 0 Å². The molecule has 0 N–H and O–H groups in total. The maximum Gasteiger partial charge on any atom is 0.0680 e. The van der Waals surface area contributed by atoms with Crippen molar-refractivity contribution in [3.63, 3.8) is 0 Å². The van der Waals surface area contributed by atoms with Crippen LogP contribution >= 0.6 is 422 Å². The lowest BCUT2D eigenvalue weighted by Gasteiger charge is -2.59. The third-order valence-corrected chi connectivity index (χ3v) is 379. The van der Waals surface area contributed by atoms with Crippen molar-refractivity contribution in [2.75, 3.05) is 20.0 Å². The van der Waals surface area contributed by atoms with Crippen molar-refractivity contribution in [2.45, 2.75) is 0 Å². The SMILES string of the molecule is [2H]P(PC)P(P(P)P)P(P(P(P)P)P(P)P)P(P(P(P)P)P(P)P(C)C)P(P(P(P(P)P)P(P)P)P(P(P)P)P(P)P)P(P(P(P)P)P(P)P)P(P(P)P)P(P)P. The van der Waals surface area contributed by atoms with E-state index in [1.54, 1.807) is 0 Å². The fourth-order valence-corrected chi connectivity index (χ4v) is 763. The smallest absolute Gasteiger partial charge is 0.0680 e. The van der Waals surface area contributed by atoms with E-state index in [0.29, 0.717) is 0 Å². The van der Waals surface area contributed by atoms with Crippen molar-refractivity contribution < 1.29 is 0 Å². The molecule has 0 aromatic heterocycles. The second-order valence-corrected chi connectivity index (χ2v) is 228. The molecule has 0 saturated heterocycles. The van der Waals surface area contributed by atoms with Gasteiger partial charge in [0.25, 0.3) is 0 Å². The van der Waals surface area contributed by atoms with E-state index in [2.05, 4.69) is 243 Å². The van der Waals surface area contributed by atoms with E-state index < -0.39 is 14.9 Å². The molecule has 0 nitrogen and oxygen atoms in total. The molecule has 0 aromatic carbocycles. The van der Waals surface area contributed by atoms with E-state index in [-0.39, 0.29) is 175 Å².